The lowest BCUT2D eigenvalue weighted by atomic mass is 10.2. The van der Waals surface area contributed by atoms with Gasteiger partial charge >= 0.3 is 15.3 Å². The summed E-state index contributed by atoms with van der Waals surface area (Å²) in [4.78, 5) is 11.9. The third-order valence-electron chi connectivity index (χ3n) is 2.46. The van der Waals surface area contributed by atoms with Gasteiger partial charge in [0.15, 0.2) is 10.6 Å². The third kappa shape index (κ3) is 3.59. The first-order chi connectivity index (χ1) is 8.90. The smallest absolute Gasteiger partial charge is 0.401 e. The molecule has 6 nitrogen and oxygen atoms in total. The highest BCUT2D eigenvalue weighted by Crippen LogP contribution is 2.34. The number of hydrogen-bond donors (Lipinski definition) is 0. The second kappa shape index (κ2) is 5.66. The van der Waals surface area contributed by atoms with E-state index in [-0.39, 0.29) is 10.6 Å². The molecule has 1 unspecified atom stereocenters. The van der Waals surface area contributed by atoms with Crippen LogP contribution in [0.25, 0.3) is 0 Å². The topological polar surface area (TPSA) is 78.9 Å². The molecule has 2 heterocycles. The van der Waals surface area contributed by atoms with Crippen molar-refractivity contribution in [1.29, 1.82) is 0 Å². The van der Waals surface area contributed by atoms with E-state index in [0.29, 0.717) is 25.0 Å². The van der Waals surface area contributed by atoms with Crippen LogP contribution >= 0.6 is 22.0 Å². The Bertz CT molecular complexity index is 575. The number of rotatable bonds is 5. The predicted molar refractivity (Wildman–Crippen MR) is 68.9 cm³/mol. The van der Waals surface area contributed by atoms with Crippen LogP contribution in [0.2, 0.25) is 0 Å². The average molecular weight is 327 g/mol. The highest BCUT2D eigenvalue weighted by molar-refractivity contribution is 8.10. The van der Waals surface area contributed by atoms with E-state index in [9.17, 15) is 13.2 Å². The molecule has 1 aliphatic rings. The van der Waals surface area contributed by atoms with E-state index in [4.69, 9.17) is 20.2 Å². The van der Waals surface area contributed by atoms with Crippen molar-refractivity contribution in [3.05, 3.63) is 15.8 Å². The van der Waals surface area contributed by atoms with Gasteiger partial charge in [0.25, 0.3) is 0 Å². The number of carbonyl (C=O) groups excluding carboxylic acids is 1. The first-order valence-corrected chi connectivity index (χ1v) is 8.59. The van der Waals surface area contributed by atoms with Crippen molar-refractivity contribution in [3.63, 3.8) is 0 Å². The molecule has 0 N–H and O–H groups in total. The van der Waals surface area contributed by atoms with Gasteiger partial charge in [0.2, 0.25) is 6.29 Å². The van der Waals surface area contributed by atoms with E-state index in [1.54, 1.807) is 12.3 Å². The van der Waals surface area contributed by atoms with E-state index in [2.05, 4.69) is 4.18 Å². The number of thiophene rings is 1. The molecule has 1 aliphatic heterocycles. The maximum absolute atomic E-state index is 11.9. The number of aryl methyl sites for hydroxylation is 1. The summed E-state index contributed by atoms with van der Waals surface area (Å²) in [7, 11) is 0.836. The number of halogens is 1. The van der Waals surface area contributed by atoms with Gasteiger partial charge in [0.05, 0.1) is 17.3 Å². The molecule has 1 fully saturated rings. The summed E-state index contributed by atoms with van der Waals surface area (Å²) in [5, 5.41) is 1.63. The minimum Gasteiger partial charge on any atom is -0.431 e. The van der Waals surface area contributed by atoms with Crippen LogP contribution in [0.1, 0.15) is 28.6 Å². The second-order valence-corrected chi connectivity index (χ2v) is 6.71. The Morgan fingerprint density at radius 1 is 1.63 bits per heavy atom. The molecule has 1 atom stereocenters. The summed E-state index contributed by atoms with van der Waals surface area (Å²) in [6.45, 7) is 2.35. The zero-order valence-electron chi connectivity index (χ0n) is 9.92. The molecule has 0 bridgehead atoms. The maximum Gasteiger partial charge on any atom is 0.401 e. The van der Waals surface area contributed by atoms with Crippen molar-refractivity contribution in [3.8, 4) is 5.75 Å². The minimum atomic E-state index is -4.22. The molecule has 19 heavy (non-hydrogen) atoms. The Labute approximate surface area is 118 Å². The van der Waals surface area contributed by atoms with Crippen molar-refractivity contribution in [2.24, 2.45) is 0 Å². The van der Waals surface area contributed by atoms with Crippen molar-refractivity contribution in [2.75, 3.05) is 6.61 Å². The van der Waals surface area contributed by atoms with Gasteiger partial charge in [0.1, 0.15) is 0 Å². The zero-order chi connectivity index (χ0) is 14.0. The van der Waals surface area contributed by atoms with Gasteiger partial charge in [-0.3, -0.25) is 0 Å². The molecular formula is C10H11ClO6S2. The number of hydrogen-bond acceptors (Lipinski definition) is 7. The van der Waals surface area contributed by atoms with Crippen LogP contribution in [0.3, 0.4) is 0 Å². The molecular weight excluding hydrogens is 316 g/mol. The van der Waals surface area contributed by atoms with Crippen LogP contribution in [0, 0.1) is 0 Å². The van der Waals surface area contributed by atoms with Crippen LogP contribution in [0.5, 0.6) is 5.75 Å². The fraction of sp³-hybridized carbons (Fsp3) is 0.500. The summed E-state index contributed by atoms with van der Waals surface area (Å²) in [6, 6.07) is 0. The number of esters is 1. The van der Waals surface area contributed by atoms with Crippen molar-refractivity contribution >= 4 is 37.3 Å². The predicted octanol–water partition coefficient (Wildman–Crippen LogP) is 2.08. The van der Waals surface area contributed by atoms with Gasteiger partial charge in [-0.25, -0.2) is 4.79 Å². The molecule has 9 heteroatoms. The first-order valence-electron chi connectivity index (χ1n) is 5.47. The van der Waals surface area contributed by atoms with Crippen LogP contribution in [-0.2, 0) is 25.2 Å². The molecule has 106 valence electrons. The van der Waals surface area contributed by atoms with E-state index in [1.807, 2.05) is 0 Å². The van der Waals surface area contributed by atoms with Crippen LogP contribution in [-0.4, -0.2) is 27.3 Å². The maximum atomic E-state index is 11.9. The van der Waals surface area contributed by atoms with Crippen molar-refractivity contribution < 1.29 is 26.9 Å². The lowest BCUT2D eigenvalue weighted by Gasteiger charge is -2.25. The SMILES string of the molecule is CCc1csc(C(=O)OC2CCO2)c1OS(=O)(=O)Cl. The van der Waals surface area contributed by atoms with Gasteiger partial charge < -0.3 is 13.7 Å². The van der Waals surface area contributed by atoms with Crippen LogP contribution < -0.4 is 4.18 Å². The summed E-state index contributed by atoms with van der Waals surface area (Å²) in [5.41, 5.74) is 0.579. The zero-order valence-corrected chi connectivity index (χ0v) is 12.3. The fourth-order valence-electron chi connectivity index (χ4n) is 1.44. The first kappa shape index (κ1) is 14.6. The van der Waals surface area contributed by atoms with Gasteiger partial charge in [0, 0.05) is 12.0 Å². The Morgan fingerprint density at radius 2 is 2.32 bits per heavy atom. The lowest BCUT2D eigenvalue weighted by molar-refractivity contribution is -0.184. The molecule has 0 spiro atoms. The number of carbonyl (C=O) groups is 1. The molecule has 1 aromatic rings. The minimum absolute atomic E-state index is 0.0631. The fourth-order valence-corrected chi connectivity index (χ4v) is 3.03. The van der Waals surface area contributed by atoms with Gasteiger partial charge in [-0.1, -0.05) is 6.92 Å². The molecule has 0 aliphatic carbocycles. The highest BCUT2D eigenvalue weighted by atomic mass is 35.7. The highest BCUT2D eigenvalue weighted by Gasteiger charge is 2.28. The van der Waals surface area contributed by atoms with E-state index in [0.717, 1.165) is 11.3 Å². The monoisotopic (exact) mass is 326 g/mol. The molecule has 1 aromatic heterocycles. The van der Waals surface area contributed by atoms with Gasteiger partial charge in [-0.15, -0.1) is 11.3 Å². The summed E-state index contributed by atoms with van der Waals surface area (Å²) < 4.78 is 36.6. The summed E-state index contributed by atoms with van der Waals surface area (Å²) in [5.74, 6) is -0.739. The van der Waals surface area contributed by atoms with E-state index < -0.39 is 21.6 Å². The summed E-state index contributed by atoms with van der Waals surface area (Å²) in [6.07, 6.45) is 0.563. The molecule has 1 saturated heterocycles. The second-order valence-electron chi connectivity index (χ2n) is 3.74. The molecule has 0 aromatic carbocycles. The molecule has 2 rings (SSSR count). The Morgan fingerprint density at radius 3 is 2.79 bits per heavy atom. The van der Waals surface area contributed by atoms with E-state index >= 15 is 0 Å². The Balaban J connectivity index is 2.23. The quantitative estimate of drug-likeness (QED) is 0.609. The molecule has 0 radical (unpaired) electrons. The third-order valence-corrected chi connectivity index (χ3v) is 4.01. The van der Waals surface area contributed by atoms with E-state index in [1.165, 1.54) is 0 Å². The summed E-state index contributed by atoms with van der Waals surface area (Å²) >= 11 is 1.05. The van der Waals surface area contributed by atoms with Crippen molar-refractivity contribution in [2.45, 2.75) is 26.1 Å². The number of ether oxygens (including phenoxy) is 2. The largest absolute Gasteiger partial charge is 0.431 e. The van der Waals surface area contributed by atoms with Crippen LogP contribution in [0.4, 0.5) is 0 Å². The van der Waals surface area contributed by atoms with Gasteiger partial charge in [-0.2, -0.15) is 8.42 Å². The van der Waals surface area contributed by atoms with Crippen LogP contribution in [0.15, 0.2) is 5.38 Å². The molecule has 0 amide bonds. The lowest BCUT2D eigenvalue weighted by Crippen LogP contribution is -2.31. The Hall–Kier alpha value is -0.830. The van der Waals surface area contributed by atoms with Crippen molar-refractivity contribution in [1.82, 2.24) is 0 Å². The standard InChI is InChI=1S/C10H11ClO6S2/c1-2-6-5-18-9(8(6)17-19(11,13)14)10(12)16-7-3-4-15-7/h5,7H,2-4H2,1H3. The average Bonchev–Trinajstić information content (AvgIpc) is 2.63. The molecule has 0 saturated carbocycles. The normalized spacial score (nSPS) is 18.7. The Kier molecular flexibility index (Phi) is 4.34. The van der Waals surface area contributed by atoms with Gasteiger partial charge in [-0.05, 0) is 11.8 Å².